The lowest BCUT2D eigenvalue weighted by atomic mass is 9.98. The van der Waals surface area contributed by atoms with Gasteiger partial charge in [0.2, 0.25) is 0 Å². The lowest BCUT2D eigenvalue weighted by Gasteiger charge is -2.23. The summed E-state index contributed by atoms with van der Waals surface area (Å²) in [7, 11) is 1.30. The summed E-state index contributed by atoms with van der Waals surface area (Å²) in [5.41, 5.74) is 1.47. The third kappa shape index (κ3) is 6.60. The molecule has 0 bridgehead atoms. The van der Waals surface area contributed by atoms with Crippen molar-refractivity contribution in [3.8, 4) is 0 Å². The van der Waals surface area contributed by atoms with Crippen molar-refractivity contribution in [2.24, 2.45) is 0 Å². The Bertz CT molecular complexity index is 566. The molecule has 0 fully saturated rings. The molecule has 0 radical (unpaired) electrons. The largest absolute Gasteiger partial charge is 0.467 e. The molecule has 128 valence electrons. The van der Waals surface area contributed by atoms with Crippen molar-refractivity contribution in [1.82, 2.24) is 5.32 Å². The first-order chi connectivity index (χ1) is 10.7. The first-order valence-electron chi connectivity index (χ1n) is 7.51. The summed E-state index contributed by atoms with van der Waals surface area (Å²) in [4.78, 5) is 23.9. The topological polar surface area (TPSA) is 64.6 Å². The van der Waals surface area contributed by atoms with Gasteiger partial charge in [0, 0.05) is 10.9 Å². The number of methoxy groups -OCH3 is 1. The van der Waals surface area contributed by atoms with E-state index in [2.05, 4.69) is 21.2 Å². The van der Waals surface area contributed by atoms with Crippen molar-refractivity contribution in [3.05, 3.63) is 33.8 Å². The van der Waals surface area contributed by atoms with Crippen LogP contribution in [0.3, 0.4) is 0 Å². The minimum atomic E-state index is -0.790. The molecule has 1 rings (SSSR count). The first kappa shape index (κ1) is 19.5. The van der Waals surface area contributed by atoms with Gasteiger partial charge in [-0.25, -0.2) is 9.59 Å². The predicted octanol–water partition coefficient (Wildman–Crippen LogP) is 3.62. The monoisotopic (exact) mass is 385 g/mol. The molecule has 0 saturated heterocycles. The van der Waals surface area contributed by atoms with E-state index in [1.807, 2.05) is 25.1 Å². The van der Waals surface area contributed by atoms with Gasteiger partial charge >= 0.3 is 12.1 Å². The number of halogens is 1. The van der Waals surface area contributed by atoms with Crippen LogP contribution >= 0.6 is 15.9 Å². The van der Waals surface area contributed by atoms with E-state index in [-0.39, 0.29) is 0 Å². The number of amides is 1. The number of ether oxygens (including phenoxy) is 2. The quantitative estimate of drug-likeness (QED) is 0.786. The highest BCUT2D eigenvalue weighted by Crippen LogP contribution is 2.19. The van der Waals surface area contributed by atoms with Crippen LogP contribution in [0.25, 0.3) is 0 Å². The zero-order chi connectivity index (χ0) is 17.6. The molecule has 0 aliphatic carbocycles. The lowest BCUT2D eigenvalue weighted by molar-refractivity contribution is -0.143. The van der Waals surface area contributed by atoms with Gasteiger partial charge in [-0.3, -0.25) is 0 Å². The molecule has 0 saturated carbocycles. The molecule has 1 atom stereocenters. The van der Waals surface area contributed by atoms with Crippen LogP contribution in [-0.2, 0) is 27.1 Å². The standard InChI is InChI=1S/C17H24BrNO4/c1-6-11-9-13(18)8-7-12(11)10-14(15(20)22-5)19-16(21)23-17(2,3)4/h7-9,14H,6,10H2,1-5H3,(H,19,21)/t14-/m0/s1. The second-order valence-corrected chi connectivity index (χ2v) is 7.11. The van der Waals surface area contributed by atoms with E-state index in [1.54, 1.807) is 20.8 Å². The van der Waals surface area contributed by atoms with Gasteiger partial charge in [-0.1, -0.05) is 28.9 Å². The number of hydrogen-bond acceptors (Lipinski definition) is 4. The highest BCUT2D eigenvalue weighted by molar-refractivity contribution is 9.10. The molecule has 6 heteroatoms. The van der Waals surface area contributed by atoms with Gasteiger partial charge in [0.05, 0.1) is 7.11 Å². The van der Waals surface area contributed by atoms with E-state index in [0.717, 1.165) is 22.0 Å². The van der Waals surface area contributed by atoms with Crippen LogP contribution in [0.1, 0.15) is 38.8 Å². The van der Waals surface area contributed by atoms with Crippen LogP contribution in [0.15, 0.2) is 22.7 Å². The molecule has 1 aromatic carbocycles. The van der Waals surface area contributed by atoms with E-state index >= 15 is 0 Å². The van der Waals surface area contributed by atoms with Crippen LogP contribution in [0.5, 0.6) is 0 Å². The number of carbonyl (C=O) groups is 2. The normalized spacial score (nSPS) is 12.4. The second-order valence-electron chi connectivity index (χ2n) is 6.19. The first-order valence-corrected chi connectivity index (χ1v) is 8.30. The molecule has 1 N–H and O–H groups in total. The molecule has 23 heavy (non-hydrogen) atoms. The Hall–Kier alpha value is -1.56. The number of nitrogens with one attached hydrogen (secondary N) is 1. The fourth-order valence-corrected chi connectivity index (χ4v) is 2.54. The molecule has 0 aromatic heterocycles. The Balaban J connectivity index is 2.92. The van der Waals surface area contributed by atoms with Gasteiger partial charge in [0.1, 0.15) is 11.6 Å². The van der Waals surface area contributed by atoms with Crippen molar-refractivity contribution >= 4 is 28.0 Å². The summed E-state index contributed by atoms with van der Waals surface area (Å²) in [6, 6.07) is 5.07. The van der Waals surface area contributed by atoms with Crippen molar-refractivity contribution in [3.63, 3.8) is 0 Å². The summed E-state index contributed by atoms with van der Waals surface area (Å²) in [6.07, 6.45) is 0.542. The maximum Gasteiger partial charge on any atom is 0.408 e. The van der Waals surface area contributed by atoms with Gasteiger partial charge in [-0.15, -0.1) is 0 Å². The van der Waals surface area contributed by atoms with Gasteiger partial charge in [0.25, 0.3) is 0 Å². The number of aryl methyl sites for hydroxylation is 1. The van der Waals surface area contributed by atoms with Gasteiger partial charge in [-0.2, -0.15) is 0 Å². The summed E-state index contributed by atoms with van der Waals surface area (Å²) in [6.45, 7) is 7.34. The van der Waals surface area contributed by atoms with E-state index in [1.165, 1.54) is 7.11 Å². The van der Waals surface area contributed by atoms with Crippen molar-refractivity contribution in [2.45, 2.75) is 52.2 Å². The average Bonchev–Trinajstić information content (AvgIpc) is 2.45. The third-order valence-corrected chi connectivity index (χ3v) is 3.64. The Morgan fingerprint density at radius 3 is 2.43 bits per heavy atom. The summed E-state index contributed by atoms with van der Waals surface area (Å²) in [5.74, 6) is -0.499. The predicted molar refractivity (Wildman–Crippen MR) is 92.4 cm³/mol. The van der Waals surface area contributed by atoms with Gasteiger partial charge in [0.15, 0.2) is 0 Å². The minimum absolute atomic E-state index is 0.350. The van der Waals surface area contributed by atoms with E-state index in [0.29, 0.717) is 6.42 Å². The number of hydrogen-bond donors (Lipinski definition) is 1. The summed E-state index contributed by atoms with van der Waals surface area (Å²) >= 11 is 3.44. The van der Waals surface area contributed by atoms with Crippen LogP contribution in [-0.4, -0.2) is 30.8 Å². The molecule has 0 spiro atoms. The van der Waals surface area contributed by atoms with E-state index in [9.17, 15) is 9.59 Å². The molecule has 0 aliphatic rings. The minimum Gasteiger partial charge on any atom is -0.467 e. The smallest absolute Gasteiger partial charge is 0.408 e. The highest BCUT2D eigenvalue weighted by Gasteiger charge is 2.25. The second kappa shape index (κ2) is 8.34. The Morgan fingerprint density at radius 2 is 1.91 bits per heavy atom. The van der Waals surface area contributed by atoms with Crippen LogP contribution in [0, 0.1) is 0 Å². The van der Waals surface area contributed by atoms with Crippen LogP contribution in [0.2, 0.25) is 0 Å². The maximum atomic E-state index is 12.0. The van der Waals surface area contributed by atoms with Crippen LogP contribution < -0.4 is 5.32 Å². The maximum absolute atomic E-state index is 12.0. The molecule has 1 aromatic rings. The zero-order valence-corrected chi connectivity index (χ0v) is 15.8. The Kier molecular flexibility index (Phi) is 7.06. The number of rotatable bonds is 5. The van der Waals surface area contributed by atoms with E-state index in [4.69, 9.17) is 9.47 Å². The number of alkyl carbamates (subject to hydrolysis) is 1. The fraction of sp³-hybridized carbons (Fsp3) is 0.529. The Labute approximate surface area is 145 Å². The average molecular weight is 386 g/mol. The van der Waals surface area contributed by atoms with Gasteiger partial charge in [-0.05, 0) is 50.5 Å². The molecule has 1 amide bonds. The molecular weight excluding hydrogens is 362 g/mol. The molecular formula is C17H24BrNO4. The number of esters is 1. The van der Waals surface area contributed by atoms with Crippen molar-refractivity contribution in [1.29, 1.82) is 0 Å². The molecule has 0 unspecified atom stereocenters. The van der Waals surface area contributed by atoms with Gasteiger partial charge < -0.3 is 14.8 Å². The van der Waals surface area contributed by atoms with Crippen LogP contribution in [0.4, 0.5) is 4.79 Å². The molecule has 5 nitrogen and oxygen atoms in total. The lowest BCUT2D eigenvalue weighted by Crippen LogP contribution is -2.45. The highest BCUT2D eigenvalue weighted by atomic mass is 79.9. The zero-order valence-electron chi connectivity index (χ0n) is 14.2. The molecule has 0 aliphatic heterocycles. The van der Waals surface area contributed by atoms with Crippen molar-refractivity contribution < 1.29 is 19.1 Å². The summed E-state index contributed by atoms with van der Waals surface area (Å²) in [5, 5.41) is 2.59. The van der Waals surface area contributed by atoms with E-state index < -0.39 is 23.7 Å². The number of benzene rings is 1. The number of carbonyl (C=O) groups excluding carboxylic acids is 2. The third-order valence-electron chi connectivity index (χ3n) is 3.15. The SMILES string of the molecule is CCc1cc(Br)ccc1C[C@H](NC(=O)OC(C)(C)C)C(=O)OC. The molecule has 0 heterocycles. The van der Waals surface area contributed by atoms with Crippen molar-refractivity contribution in [2.75, 3.05) is 7.11 Å². The Morgan fingerprint density at radius 1 is 1.26 bits per heavy atom. The fourth-order valence-electron chi connectivity index (χ4n) is 2.13. The summed E-state index contributed by atoms with van der Waals surface area (Å²) < 4.78 is 11.0.